The Morgan fingerprint density at radius 2 is 2.38 bits per heavy atom. The van der Waals surface area contributed by atoms with Crippen LogP contribution in [0, 0.1) is 5.92 Å². The maximum absolute atomic E-state index is 5.96. The molecule has 1 N–H and O–H groups in total. The Labute approximate surface area is 107 Å². The summed E-state index contributed by atoms with van der Waals surface area (Å²) in [5, 5.41) is 3.47. The monoisotopic (exact) mass is 258 g/mol. The van der Waals surface area contributed by atoms with Gasteiger partial charge < -0.3 is 5.32 Å². The molecule has 1 aromatic heterocycles. The molecule has 2 nitrogen and oxygen atoms in total. The summed E-state index contributed by atoms with van der Waals surface area (Å²) in [5.74, 6) is 0.697. The summed E-state index contributed by atoms with van der Waals surface area (Å²) < 4.78 is 0.895. The molecular weight excluding hydrogens is 240 g/mol. The second-order valence-electron chi connectivity index (χ2n) is 4.69. The highest BCUT2D eigenvalue weighted by Gasteiger charge is 2.24. The van der Waals surface area contributed by atoms with Gasteiger partial charge in [-0.1, -0.05) is 25.4 Å². The lowest BCUT2D eigenvalue weighted by Crippen LogP contribution is -2.52. The Balaban J connectivity index is 2.01. The smallest absolute Gasteiger partial charge is 0.0931 e. The van der Waals surface area contributed by atoms with E-state index in [-0.39, 0.29) is 0 Å². The Morgan fingerprint density at radius 3 is 3.00 bits per heavy atom. The van der Waals surface area contributed by atoms with Crippen LogP contribution in [-0.2, 0) is 6.54 Å². The lowest BCUT2D eigenvalue weighted by atomic mass is 10.0. The molecule has 1 atom stereocenters. The highest BCUT2D eigenvalue weighted by Crippen LogP contribution is 2.24. The topological polar surface area (TPSA) is 15.3 Å². The number of halogens is 1. The molecule has 2 heterocycles. The van der Waals surface area contributed by atoms with Crippen molar-refractivity contribution in [2.45, 2.75) is 26.4 Å². The molecule has 1 aliphatic rings. The summed E-state index contributed by atoms with van der Waals surface area (Å²) in [6.07, 6.45) is 0. The van der Waals surface area contributed by atoms with E-state index in [0.717, 1.165) is 30.5 Å². The summed E-state index contributed by atoms with van der Waals surface area (Å²) in [6.45, 7) is 8.98. The van der Waals surface area contributed by atoms with Gasteiger partial charge in [-0.3, -0.25) is 4.90 Å². The molecule has 1 unspecified atom stereocenters. The molecule has 4 heteroatoms. The molecule has 1 aromatic rings. The van der Waals surface area contributed by atoms with Gasteiger partial charge in [-0.05, 0) is 18.1 Å². The zero-order chi connectivity index (χ0) is 11.5. The van der Waals surface area contributed by atoms with Gasteiger partial charge in [-0.25, -0.2) is 0 Å². The fourth-order valence-electron chi connectivity index (χ4n) is 2.26. The van der Waals surface area contributed by atoms with Crippen molar-refractivity contribution >= 4 is 22.9 Å². The molecule has 1 fully saturated rings. The van der Waals surface area contributed by atoms with Gasteiger partial charge in [0, 0.05) is 37.1 Å². The van der Waals surface area contributed by atoms with Crippen LogP contribution in [0.2, 0.25) is 4.34 Å². The largest absolute Gasteiger partial charge is 0.314 e. The van der Waals surface area contributed by atoms with Crippen LogP contribution in [0.15, 0.2) is 12.1 Å². The molecule has 16 heavy (non-hydrogen) atoms. The van der Waals surface area contributed by atoms with E-state index in [1.165, 1.54) is 4.88 Å². The first-order valence-electron chi connectivity index (χ1n) is 5.86. The maximum atomic E-state index is 5.96. The van der Waals surface area contributed by atoms with Crippen molar-refractivity contribution in [2.24, 2.45) is 5.92 Å². The number of hydrogen-bond acceptors (Lipinski definition) is 3. The number of rotatable bonds is 3. The van der Waals surface area contributed by atoms with Gasteiger partial charge in [0.05, 0.1) is 4.34 Å². The quantitative estimate of drug-likeness (QED) is 0.897. The minimum absolute atomic E-state index is 0.648. The molecular formula is C12H19ClN2S. The number of hydrogen-bond donors (Lipinski definition) is 1. The molecule has 0 bridgehead atoms. The van der Waals surface area contributed by atoms with E-state index in [1.807, 2.05) is 6.07 Å². The predicted octanol–water partition coefficient (Wildman–Crippen LogP) is 2.83. The molecule has 0 saturated carbocycles. The van der Waals surface area contributed by atoms with Gasteiger partial charge in [-0.2, -0.15) is 0 Å². The lowest BCUT2D eigenvalue weighted by Gasteiger charge is -2.38. The van der Waals surface area contributed by atoms with Crippen molar-refractivity contribution in [3.8, 4) is 0 Å². The van der Waals surface area contributed by atoms with Crippen LogP contribution in [0.3, 0.4) is 0 Å². The van der Waals surface area contributed by atoms with Crippen molar-refractivity contribution in [2.75, 3.05) is 19.6 Å². The SMILES string of the molecule is CC(C)C1CNCCN1Cc1ccc(Cl)s1. The zero-order valence-electron chi connectivity index (χ0n) is 9.87. The van der Waals surface area contributed by atoms with Crippen molar-refractivity contribution in [3.05, 3.63) is 21.3 Å². The molecule has 2 rings (SSSR count). The maximum Gasteiger partial charge on any atom is 0.0931 e. The van der Waals surface area contributed by atoms with Gasteiger partial charge in [0.2, 0.25) is 0 Å². The van der Waals surface area contributed by atoms with Crippen LogP contribution in [0.1, 0.15) is 18.7 Å². The van der Waals surface area contributed by atoms with E-state index >= 15 is 0 Å². The van der Waals surface area contributed by atoms with Gasteiger partial charge in [-0.15, -0.1) is 11.3 Å². The fraction of sp³-hybridized carbons (Fsp3) is 0.667. The third-order valence-corrected chi connectivity index (χ3v) is 4.37. The Bertz CT molecular complexity index is 338. The molecule has 0 aromatic carbocycles. The van der Waals surface area contributed by atoms with E-state index in [0.29, 0.717) is 12.0 Å². The number of nitrogens with zero attached hydrogens (tertiary/aromatic N) is 1. The Hall–Kier alpha value is -0.0900. The van der Waals surface area contributed by atoms with E-state index < -0.39 is 0 Å². The second-order valence-corrected chi connectivity index (χ2v) is 6.49. The summed E-state index contributed by atoms with van der Waals surface area (Å²) in [7, 11) is 0. The lowest BCUT2D eigenvalue weighted by molar-refractivity contribution is 0.118. The predicted molar refractivity (Wildman–Crippen MR) is 71.2 cm³/mol. The summed E-state index contributed by atoms with van der Waals surface area (Å²) in [4.78, 5) is 3.95. The van der Waals surface area contributed by atoms with Gasteiger partial charge in [0.25, 0.3) is 0 Å². The first-order valence-corrected chi connectivity index (χ1v) is 7.05. The summed E-state index contributed by atoms with van der Waals surface area (Å²) in [6, 6.07) is 4.79. The molecule has 1 saturated heterocycles. The third kappa shape index (κ3) is 2.98. The van der Waals surface area contributed by atoms with Crippen LogP contribution in [-0.4, -0.2) is 30.6 Å². The average molecular weight is 259 g/mol. The number of thiophene rings is 1. The molecule has 90 valence electrons. The summed E-state index contributed by atoms with van der Waals surface area (Å²) in [5.41, 5.74) is 0. The Morgan fingerprint density at radius 1 is 1.56 bits per heavy atom. The van der Waals surface area contributed by atoms with Crippen molar-refractivity contribution in [1.82, 2.24) is 10.2 Å². The molecule has 0 amide bonds. The minimum atomic E-state index is 0.648. The van der Waals surface area contributed by atoms with Crippen molar-refractivity contribution < 1.29 is 0 Å². The van der Waals surface area contributed by atoms with E-state index in [2.05, 4.69) is 30.1 Å². The third-order valence-electron chi connectivity index (χ3n) is 3.16. The van der Waals surface area contributed by atoms with Crippen LogP contribution in [0.5, 0.6) is 0 Å². The van der Waals surface area contributed by atoms with Crippen molar-refractivity contribution in [1.29, 1.82) is 0 Å². The molecule has 1 aliphatic heterocycles. The second kappa shape index (κ2) is 5.50. The molecule has 0 aliphatic carbocycles. The van der Waals surface area contributed by atoms with Crippen LogP contribution in [0.4, 0.5) is 0 Å². The minimum Gasteiger partial charge on any atom is -0.314 e. The average Bonchev–Trinajstić information content (AvgIpc) is 2.64. The molecule has 0 radical (unpaired) electrons. The first kappa shape index (κ1) is 12.4. The zero-order valence-corrected chi connectivity index (χ0v) is 11.4. The van der Waals surface area contributed by atoms with E-state index in [4.69, 9.17) is 11.6 Å². The van der Waals surface area contributed by atoms with E-state index in [1.54, 1.807) is 11.3 Å². The van der Waals surface area contributed by atoms with E-state index in [9.17, 15) is 0 Å². The van der Waals surface area contributed by atoms with Gasteiger partial charge in [0.1, 0.15) is 0 Å². The standard InChI is InChI=1S/C12H19ClN2S/c1-9(2)11-7-14-5-6-15(11)8-10-3-4-12(13)16-10/h3-4,9,11,14H,5-8H2,1-2H3. The highest BCUT2D eigenvalue weighted by molar-refractivity contribution is 7.16. The van der Waals surface area contributed by atoms with Crippen molar-refractivity contribution in [3.63, 3.8) is 0 Å². The van der Waals surface area contributed by atoms with Gasteiger partial charge in [0.15, 0.2) is 0 Å². The fourth-order valence-corrected chi connectivity index (χ4v) is 3.37. The number of piperazine rings is 1. The normalized spacial score (nSPS) is 22.9. The first-order chi connectivity index (χ1) is 7.66. The Kier molecular flexibility index (Phi) is 4.25. The van der Waals surface area contributed by atoms with Crippen LogP contribution >= 0.6 is 22.9 Å². The van der Waals surface area contributed by atoms with Crippen LogP contribution in [0.25, 0.3) is 0 Å². The molecule has 0 spiro atoms. The highest BCUT2D eigenvalue weighted by atomic mass is 35.5. The summed E-state index contributed by atoms with van der Waals surface area (Å²) >= 11 is 7.66. The number of nitrogens with one attached hydrogen (secondary N) is 1. The van der Waals surface area contributed by atoms with Crippen LogP contribution < -0.4 is 5.32 Å². The van der Waals surface area contributed by atoms with Gasteiger partial charge >= 0.3 is 0 Å².